The normalized spacial score (nSPS) is 10.0. The second kappa shape index (κ2) is 6.57. The molecule has 0 amide bonds. The van der Waals surface area contributed by atoms with E-state index < -0.39 is 0 Å². The van der Waals surface area contributed by atoms with Gasteiger partial charge in [0.05, 0.1) is 5.56 Å². The summed E-state index contributed by atoms with van der Waals surface area (Å²) in [6, 6.07) is 14.1. The number of phenolic OH excluding ortho intramolecular Hbond substituents is 1. The molecule has 0 saturated heterocycles. The van der Waals surface area contributed by atoms with E-state index in [9.17, 15) is 9.90 Å². The highest BCUT2D eigenvalue weighted by Gasteiger charge is 2.12. The Labute approximate surface area is 118 Å². The van der Waals surface area contributed by atoms with Crippen LogP contribution in [0.2, 0.25) is 0 Å². The van der Waals surface area contributed by atoms with Crippen LogP contribution in [0.5, 0.6) is 11.5 Å². The van der Waals surface area contributed by atoms with Crippen LogP contribution in [0.3, 0.4) is 0 Å². The minimum absolute atomic E-state index is 0.0625. The molecule has 0 spiro atoms. The van der Waals surface area contributed by atoms with Crippen LogP contribution in [0.4, 0.5) is 0 Å². The van der Waals surface area contributed by atoms with Gasteiger partial charge in [0.25, 0.3) is 0 Å². The van der Waals surface area contributed by atoms with Crippen LogP contribution in [-0.4, -0.2) is 17.5 Å². The fourth-order valence-corrected chi connectivity index (χ4v) is 1.87. The van der Waals surface area contributed by atoms with Gasteiger partial charge in [-0.1, -0.05) is 43.0 Å². The van der Waals surface area contributed by atoms with Crippen LogP contribution in [-0.2, 0) is 6.42 Å². The molecule has 2 aromatic carbocycles. The van der Waals surface area contributed by atoms with Crippen molar-refractivity contribution in [1.82, 2.24) is 0 Å². The van der Waals surface area contributed by atoms with Crippen LogP contribution in [0, 0.1) is 0 Å². The van der Waals surface area contributed by atoms with Crippen LogP contribution in [0.1, 0.15) is 15.9 Å². The van der Waals surface area contributed by atoms with Gasteiger partial charge in [0, 0.05) is 12.5 Å². The largest absolute Gasteiger partial charge is 0.507 e. The third-order valence-corrected chi connectivity index (χ3v) is 2.84. The van der Waals surface area contributed by atoms with Crippen molar-refractivity contribution in [3.63, 3.8) is 0 Å². The Balaban J connectivity index is 2.12. The van der Waals surface area contributed by atoms with Crippen molar-refractivity contribution < 1.29 is 14.6 Å². The predicted octanol–water partition coefficient (Wildman–Crippen LogP) is 3.38. The summed E-state index contributed by atoms with van der Waals surface area (Å²) < 4.78 is 5.30. The number of hydrogen-bond acceptors (Lipinski definition) is 3. The van der Waals surface area contributed by atoms with Gasteiger partial charge in [0.15, 0.2) is 5.78 Å². The molecule has 0 saturated carbocycles. The summed E-state index contributed by atoms with van der Waals surface area (Å²) in [5.74, 6) is 0.329. The Morgan fingerprint density at radius 2 is 1.95 bits per heavy atom. The first-order valence-corrected chi connectivity index (χ1v) is 6.34. The minimum atomic E-state index is -0.121. The average Bonchev–Trinajstić information content (AvgIpc) is 2.46. The molecule has 0 aliphatic rings. The third-order valence-electron chi connectivity index (χ3n) is 2.84. The number of phenols is 1. The van der Waals surface area contributed by atoms with Crippen LogP contribution < -0.4 is 4.74 Å². The number of carbonyl (C=O) groups is 1. The Bertz CT molecular complexity index is 603. The minimum Gasteiger partial charge on any atom is -0.507 e. The zero-order valence-electron chi connectivity index (χ0n) is 11.1. The maximum absolute atomic E-state index is 12.1. The first-order chi connectivity index (χ1) is 9.70. The smallest absolute Gasteiger partial charge is 0.170 e. The number of benzene rings is 2. The monoisotopic (exact) mass is 268 g/mol. The molecule has 0 fully saturated rings. The van der Waals surface area contributed by atoms with E-state index in [2.05, 4.69) is 6.58 Å². The summed E-state index contributed by atoms with van der Waals surface area (Å²) in [5, 5.41) is 9.91. The molecule has 0 unspecified atom stereocenters. The van der Waals surface area contributed by atoms with Gasteiger partial charge < -0.3 is 9.84 Å². The molecular formula is C17H16O3. The van der Waals surface area contributed by atoms with Gasteiger partial charge in [-0.2, -0.15) is 0 Å². The molecule has 2 rings (SSSR count). The van der Waals surface area contributed by atoms with Crippen LogP contribution >= 0.6 is 0 Å². The fraction of sp³-hybridized carbons (Fsp3) is 0.118. The van der Waals surface area contributed by atoms with E-state index in [0.717, 1.165) is 5.56 Å². The molecule has 1 N–H and O–H groups in total. The lowest BCUT2D eigenvalue weighted by molar-refractivity contribution is 0.0990. The lowest BCUT2D eigenvalue weighted by atomic mass is 10.0. The Morgan fingerprint density at radius 3 is 2.60 bits per heavy atom. The molecule has 20 heavy (non-hydrogen) atoms. The highest BCUT2D eigenvalue weighted by molar-refractivity contribution is 6.00. The number of ether oxygens (including phenoxy) is 1. The van der Waals surface area contributed by atoms with Crippen molar-refractivity contribution in [2.24, 2.45) is 0 Å². The SMILES string of the molecule is C=CCOc1ccc(C(=O)Cc2ccccc2)c(O)c1. The predicted molar refractivity (Wildman–Crippen MR) is 78.3 cm³/mol. The number of rotatable bonds is 6. The Kier molecular flexibility index (Phi) is 4.56. The second-order valence-electron chi connectivity index (χ2n) is 4.36. The summed E-state index contributed by atoms with van der Waals surface area (Å²) in [7, 11) is 0. The van der Waals surface area contributed by atoms with Gasteiger partial charge in [-0.3, -0.25) is 4.79 Å². The lowest BCUT2D eigenvalue weighted by Gasteiger charge is -2.07. The molecule has 0 bridgehead atoms. The average molecular weight is 268 g/mol. The molecule has 0 aliphatic heterocycles. The molecule has 0 aliphatic carbocycles. The molecule has 0 atom stereocenters. The van der Waals surface area contributed by atoms with Crippen LogP contribution in [0.15, 0.2) is 61.2 Å². The van der Waals surface area contributed by atoms with Crippen molar-refractivity contribution in [3.8, 4) is 11.5 Å². The van der Waals surface area contributed by atoms with E-state index in [1.807, 2.05) is 30.3 Å². The van der Waals surface area contributed by atoms with E-state index >= 15 is 0 Å². The maximum Gasteiger partial charge on any atom is 0.170 e. The summed E-state index contributed by atoms with van der Waals surface area (Å²) in [4.78, 5) is 12.1. The highest BCUT2D eigenvalue weighted by atomic mass is 16.5. The van der Waals surface area contributed by atoms with Crippen molar-refractivity contribution in [1.29, 1.82) is 0 Å². The summed E-state index contributed by atoms with van der Waals surface area (Å²) in [6.07, 6.45) is 1.88. The zero-order chi connectivity index (χ0) is 14.4. The van der Waals surface area contributed by atoms with E-state index in [1.165, 1.54) is 6.07 Å². The van der Waals surface area contributed by atoms with Gasteiger partial charge in [-0.15, -0.1) is 0 Å². The molecule has 0 radical (unpaired) electrons. The molecule has 2 aromatic rings. The van der Waals surface area contributed by atoms with Gasteiger partial charge >= 0.3 is 0 Å². The Morgan fingerprint density at radius 1 is 1.20 bits per heavy atom. The molecular weight excluding hydrogens is 252 g/mol. The maximum atomic E-state index is 12.1. The van der Waals surface area contributed by atoms with Crippen molar-refractivity contribution in [3.05, 3.63) is 72.3 Å². The topological polar surface area (TPSA) is 46.5 Å². The van der Waals surface area contributed by atoms with E-state index in [1.54, 1.807) is 18.2 Å². The van der Waals surface area contributed by atoms with Gasteiger partial charge in [-0.05, 0) is 17.7 Å². The summed E-state index contributed by atoms with van der Waals surface area (Å²) >= 11 is 0. The first-order valence-electron chi connectivity index (χ1n) is 6.34. The fourth-order valence-electron chi connectivity index (χ4n) is 1.87. The van der Waals surface area contributed by atoms with Gasteiger partial charge in [-0.25, -0.2) is 0 Å². The zero-order valence-corrected chi connectivity index (χ0v) is 11.1. The lowest BCUT2D eigenvalue weighted by Crippen LogP contribution is -2.04. The van der Waals surface area contributed by atoms with Gasteiger partial charge in [0.1, 0.15) is 18.1 Å². The number of aromatic hydroxyl groups is 1. The summed E-state index contributed by atoms with van der Waals surface area (Å²) in [6.45, 7) is 3.91. The van der Waals surface area contributed by atoms with E-state index in [4.69, 9.17) is 4.74 Å². The molecule has 0 heterocycles. The standard InChI is InChI=1S/C17H16O3/c1-2-10-20-14-8-9-15(17(19)12-14)16(18)11-13-6-4-3-5-7-13/h2-9,12,19H,1,10-11H2. The number of Topliss-reactive ketones (excluding diaryl/α,β-unsaturated/α-hetero) is 1. The highest BCUT2D eigenvalue weighted by Crippen LogP contribution is 2.25. The molecule has 3 nitrogen and oxygen atoms in total. The summed E-state index contributed by atoms with van der Waals surface area (Å²) in [5.41, 5.74) is 1.23. The van der Waals surface area contributed by atoms with Crippen molar-refractivity contribution in [2.75, 3.05) is 6.61 Å². The van der Waals surface area contributed by atoms with Gasteiger partial charge in [0.2, 0.25) is 0 Å². The second-order valence-corrected chi connectivity index (χ2v) is 4.36. The number of carbonyl (C=O) groups excluding carboxylic acids is 1. The van der Waals surface area contributed by atoms with Crippen molar-refractivity contribution >= 4 is 5.78 Å². The number of ketones is 1. The third kappa shape index (κ3) is 3.48. The van der Waals surface area contributed by atoms with Crippen LogP contribution in [0.25, 0.3) is 0 Å². The number of hydrogen-bond donors (Lipinski definition) is 1. The van der Waals surface area contributed by atoms with E-state index in [0.29, 0.717) is 17.9 Å². The quantitative estimate of drug-likeness (QED) is 0.645. The molecule has 102 valence electrons. The molecule has 0 aromatic heterocycles. The first kappa shape index (κ1) is 13.9. The van der Waals surface area contributed by atoms with Crippen molar-refractivity contribution in [2.45, 2.75) is 6.42 Å². The Hall–Kier alpha value is -2.55. The molecule has 3 heteroatoms. The van der Waals surface area contributed by atoms with E-state index in [-0.39, 0.29) is 18.0 Å².